The lowest BCUT2D eigenvalue weighted by atomic mass is 9.79. The summed E-state index contributed by atoms with van der Waals surface area (Å²) in [4.78, 5) is 2.52. The van der Waals surface area contributed by atoms with Gasteiger partial charge in [-0.15, -0.1) is 0 Å². The zero-order valence-electron chi connectivity index (χ0n) is 13.3. The summed E-state index contributed by atoms with van der Waals surface area (Å²) in [5, 5.41) is 3.61. The van der Waals surface area contributed by atoms with E-state index in [1.165, 1.54) is 51.6 Å². The predicted molar refractivity (Wildman–Crippen MR) is 82.7 cm³/mol. The normalized spacial score (nSPS) is 19.6. The van der Waals surface area contributed by atoms with Crippen molar-refractivity contribution in [2.24, 2.45) is 5.41 Å². The highest BCUT2D eigenvalue weighted by Crippen LogP contribution is 2.35. The standard InChI is InChI=1S/C16H34N2O/c1-4-17-14-16(10-7-5-6-8-11-16)15-18(2)12-9-13-19-3/h17H,4-15H2,1-3H3. The van der Waals surface area contributed by atoms with Crippen molar-refractivity contribution in [3.63, 3.8) is 0 Å². The van der Waals surface area contributed by atoms with E-state index >= 15 is 0 Å². The van der Waals surface area contributed by atoms with Gasteiger partial charge in [0.05, 0.1) is 0 Å². The van der Waals surface area contributed by atoms with Crippen LogP contribution in [-0.2, 0) is 4.74 Å². The molecular weight excluding hydrogens is 236 g/mol. The van der Waals surface area contributed by atoms with E-state index < -0.39 is 0 Å². The first-order chi connectivity index (χ1) is 9.22. The molecule has 1 saturated carbocycles. The lowest BCUT2D eigenvalue weighted by Crippen LogP contribution is -2.43. The lowest BCUT2D eigenvalue weighted by molar-refractivity contribution is 0.130. The summed E-state index contributed by atoms with van der Waals surface area (Å²) in [6, 6.07) is 0. The number of nitrogens with zero attached hydrogens (tertiary/aromatic N) is 1. The molecule has 3 nitrogen and oxygen atoms in total. The zero-order valence-corrected chi connectivity index (χ0v) is 13.3. The third-order valence-corrected chi connectivity index (χ3v) is 4.41. The summed E-state index contributed by atoms with van der Waals surface area (Å²) in [5.74, 6) is 0. The highest BCUT2D eigenvalue weighted by molar-refractivity contribution is 4.86. The van der Waals surface area contributed by atoms with Gasteiger partial charge >= 0.3 is 0 Å². The number of methoxy groups -OCH3 is 1. The fraction of sp³-hybridized carbons (Fsp3) is 1.00. The number of hydrogen-bond acceptors (Lipinski definition) is 3. The number of hydrogen-bond donors (Lipinski definition) is 1. The summed E-state index contributed by atoms with van der Waals surface area (Å²) >= 11 is 0. The van der Waals surface area contributed by atoms with E-state index in [0.717, 1.165) is 26.1 Å². The molecule has 1 rings (SSSR count). The van der Waals surface area contributed by atoms with E-state index in [0.29, 0.717) is 5.41 Å². The molecule has 0 spiro atoms. The fourth-order valence-corrected chi connectivity index (χ4v) is 3.39. The second kappa shape index (κ2) is 9.73. The first-order valence-electron chi connectivity index (χ1n) is 8.11. The van der Waals surface area contributed by atoms with Gasteiger partial charge in [0.25, 0.3) is 0 Å². The van der Waals surface area contributed by atoms with E-state index in [4.69, 9.17) is 4.74 Å². The molecule has 0 radical (unpaired) electrons. The van der Waals surface area contributed by atoms with Crippen LogP contribution in [0.4, 0.5) is 0 Å². The van der Waals surface area contributed by atoms with Crippen LogP contribution in [0.15, 0.2) is 0 Å². The van der Waals surface area contributed by atoms with Crippen LogP contribution < -0.4 is 5.32 Å². The first kappa shape index (κ1) is 16.9. The summed E-state index contributed by atoms with van der Waals surface area (Å²) in [6.07, 6.45) is 9.63. The smallest absolute Gasteiger partial charge is 0.0474 e. The Hall–Kier alpha value is -0.120. The van der Waals surface area contributed by atoms with Crippen LogP contribution in [0.3, 0.4) is 0 Å². The van der Waals surface area contributed by atoms with Gasteiger partial charge in [0.1, 0.15) is 0 Å². The molecule has 0 aliphatic heterocycles. The number of rotatable bonds is 9. The molecule has 114 valence electrons. The van der Waals surface area contributed by atoms with Crippen LogP contribution in [0.2, 0.25) is 0 Å². The minimum Gasteiger partial charge on any atom is -0.385 e. The van der Waals surface area contributed by atoms with Crippen molar-refractivity contribution in [3.8, 4) is 0 Å². The molecule has 0 aromatic carbocycles. The molecule has 1 N–H and O–H groups in total. The van der Waals surface area contributed by atoms with Crippen LogP contribution in [0.25, 0.3) is 0 Å². The predicted octanol–water partition coefficient (Wildman–Crippen LogP) is 2.90. The van der Waals surface area contributed by atoms with Crippen LogP contribution >= 0.6 is 0 Å². The van der Waals surface area contributed by atoms with Crippen LogP contribution in [0, 0.1) is 5.41 Å². The fourth-order valence-electron chi connectivity index (χ4n) is 3.39. The monoisotopic (exact) mass is 270 g/mol. The molecule has 1 aliphatic carbocycles. The van der Waals surface area contributed by atoms with E-state index in [9.17, 15) is 0 Å². The Labute approximate surface area is 120 Å². The maximum absolute atomic E-state index is 5.15. The molecule has 0 heterocycles. The van der Waals surface area contributed by atoms with Crippen molar-refractivity contribution in [3.05, 3.63) is 0 Å². The van der Waals surface area contributed by atoms with Gasteiger partial charge in [0, 0.05) is 33.4 Å². The summed E-state index contributed by atoms with van der Waals surface area (Å²) in [7, 11) is 4.06. The Bertz CT molecular complexity index is 213. The molecular formula is C16H34N2O. The average molecular weight is 270 g/mol. The third kappa shape index (κ3) is 6.73. The lowest BCUT2D eigenvalue weighted by Gasteiger charge is -2.37. The second-order valence-electron chi connectivity index (χ2n) is 6.28. The van der Waals surface area contributed by atoms with Crippen LogP contribution in [-0.4, -0.2) is 51.8 Å². The SMILES string of the molecule is CCNCC1(CN(C)CCCOC)CCCCCC1. The molecule has 0 saturated heterocycles. The Morgan fingerprint density at radius 2 is 1.84 bits per heavy atom. The topological polar surface area (TPSA) is 24.5 Å². The van der Waals surface area contributed by atoms with E-state index in [1.807, 2.05) is 0 Å². The van der Waals surface area contributed by atoms with Gasteiger partial charge in [-0.1, -0.05) is 32.6 Å². The molecule has 1 fully saturated rings. The number of ether oxygens (including phenoxy) is 1. The Morgan fingerprint density at radius 1 is 1.16 bits per heavy atom. The molecule has 0 amide bonds. The minimum absolute atomic E-state index is 0.508. The maximum Gasteiger partial charge on any atom is 0.0474 e. The molecule has 19 heavy (non-hydrogen) atoms. The Kier molecular flexibility index (Phi) is 8.67. The molecule has 3 heteroatoms. The van der Waals surface area contributed by atoms with Crippen molar-refractivity contribution in [2.75, 3.05) is 46.9 Å². The maximum atomic E-state index is 5.15. The van der Waals surface area contributed by atoms with Crippen LogP contribution in [0.1, 0.15) is 51.9 Å². The van der Waals surface area contributed by atoms with Gasteiger partial charge in [-0.25, -0.2) is 0 Å². The first-order valence-corrected chi connectivity index (χ1v) is 8.11. The van der Waals surface area contributed by atoms with Crippen molar-refractivity contribution in [1.29, 1.82) is 0 Å². The van der Waals surface area contributed by atoms with Gasteiger partial charge in [0.2, 0.25) is 0 Å². The zero-order chi connectivity index (χ0) is 14.0. The Morgan fingerprint density at radius 3 is 2.42 bits per heavy atom. The summed E-state index contributed by atoms with van der Waals surface area (Å²) < 4.78 is 5.15. The quantitative estimate of drug-likeness (QED) is 0.515. The minimum atomic E-state index is 0.508. The molecule has 0 aromatic heterocycles. The van der Waals surface area contributed by atoms with E-state index in [2.05, 4.69) is 24.2 Å². The van der Waals surface area contributed by atoms with Crippen molar-refractivity contribution >= 4 is 0 Å². The van der Waals surface area contributed by atoms with E-state index in [-0.39, 0.29) is 0 Å². The van der Waals surface area contributed by atoms with Gasteiger partial charge in [0.15, 0.2) is 0 Å². The van der Waals surface area contributed by atoms with E-state index in [1.54, 1.807) is 7.11 Å². The molecule has 0 unspecified atom stereocenters. The molecule has 1 aliphatic rings. The van der Waals surface area contributed by atoms with Crippen molar-refractivity contribution in [1.82, 2.24) is 10.2 Å². The largest absolute Gasteiger partial charge is 0.385 e. The molecule has 0 bridgehead atoms. The summed E-state index contributed by atoms with van der Waals surface area (Å²) in [6.45, 7) is 7.77. The Balaban J connectivity index is 2.46. The average Bonchev–Trinajstić information content (AvgIpc) is 2.63. The van der Waals surface area contributed by atoms with Crippen molar-refractivity contribution < 1.29 is 4.74 Å². The van der Waals surface area contributed by atoms with Crippen molar-refractivity contribution in [2.45, 2.75) is 51.9 Å². The van der Waals surface area contributed by atoms with Gasteiger partial charge in [-0.2, -0.15) is 0 Å². The summed E-state index contributed by atoms with van der Waals surface area (Å²) in [5.41, 5.74) is 0.508. The third-order valence-electron chi connectivity index (χ3n) is 4.41. The molecule has 0 atom stereocenters. The molecule has 0 aromatic rings. The second-order valence-corrected chi connectivity index (χ2v) is 6.28. The number of nitrogens with one attached hydrogen (secondary N) is 1. The van der Waals surface area contributed by atoms with Gasteiger partial charge in [-0.05, 0) is 38.3 Å². The van der Waals surface area contributed by atoms with Gasteiger partial charge < -0.3 is 15.0 Å². The highest BCUT2D eigenvalue weighted by Gasteiger charge is 2.31. The van der Waals surface area contributed by atoms with Crippen LogP contribution in [0.5, 0.6) is 0 Å². The van der Waals surface area contributed by atoms with Gasteiger partial charge in [-0.3, -0.25) is 0 Å². The highest BCUT2D eigenvalue weighted by atomic mass is 16.5.